The molecule has 0 aliphatic carbocycles. The van der Waals surface area contributed by atoms with E-state index in [9.17, 15) is 0 Å². The number of hydrogen-bond acceptors (Lipinski definition) is 4. The smallest absolute Gasteiger partial charge is 0.161 e. The van der Waals surface area contributed by atoms with Crippen molar-refractivity contribution < 1.29 is 13.9 Å². The highest BCUT2D eigenvalue weighted by molar-refractivity contribution is 5.46. The predicted molar refractivity (Wildman–Crippen MR) is 73.8 cm³/mol. The van der Waals surface area contributed by atoms with Crippen LogP contribution in [0.15, 0.2) is 28.7 Å². The second kappa shape index (κ2) is 5.36. The summed E-state index contributed by atoms with van der Waals surface area (Å²) < 4.78 is 16.0. The third-order valence-corrected chi connectivity index (χ3v) is 3.18. The van der Waals surface area contributed by atoms with Crippen molar-refractivity contribution in [3.05, 3.63) is 46.9 Å². The molecule has 0 saturated carbocycles. The van der Waals surface area contributed by atoms with E-state index in [-0.39, 0.29) is 6.04 Å². The average Bonchev–Trinajstić information content (AvgIpc) is 2.76. The molecule has 0 fully saturated rings. The van der Waals surface area contributed by atoms with E-state index in [1.807, 2.05) is 38.1 Å². The Kier molecular flexibility index (Phi) is 3.81. The number of furan rings is 1. The molecule has 1 aromatic heterocycles. The van der Waals surface area contributed by atoms with Crippen LogP contribution in [0.1, 0.15) is 28.7 Å². The molecule has 1 aromatic carbocycles. The molecule has 2 aromatic rings. The van der Waals surface area contributed by atoms with Crippen molar-refractivity contribution >= 4 is 0 Å². The summed E-state index contributed by atoms with van der Waals surface area (Å²) in [6, 6.07) is 7.42. The highest BCUT2D eigenvalue weighted by Gasteiger charge is 2.17. The highest BCUT2D eigenvalue weighted by atomic mass is 16.5. The van der Waals surface area contributed by atoms with Crippen LogP contribution in [0.3, 0.4) is 0 Å². The monoisotopic (exact) mass is 261 g/mol. The number of hydrogen-bond donors (Lipinski definition) is 1. The minimum Gasteiger partial charge on any atom is -0.493 e. The van der Waals surface area contributed by atoms with Crippen LogP contribution in [0.5, 0.6) is 11.5 Å². The Bertz CT molecular complexity index is 575. The number of aryl methyl sites for hydroxylation is 2. The third-order valence-electron chi connectivity index (χ3n) is 3.18. The van der Waals surface area contributed by atoms with Crippen LogP contribution in [0.25, 0.3) is 0 Å². The molecule has 0 aliphatic rings. The van der Waals surface area contributed by atoms with Gasteiger partial charge in [0.15, 0.2) is 11.5 Å². The lowest BCUT2D eigenvalue weighted by molar-refractivity contribution is 0.354. The summed E-state index contributed by atoms with van der Waals surface area (Å²) in [7, 11) is 3.22. The molecular weight excluding hydrogens is 242 g/mol. The van der Waals surface area contributed by atoms with Crippen LogP contribution in [-0.4, -0.2) is 14.2 Å². The normalized spacial score (nSPS) is 12.3. The molecule has 0 aliphatic heterocycles. The van der Waals surface area contributed by atoms with Gasteiger partial charge >= 0.3 is 0 Å². The Morgan fingerprint density at radius 1 is 1.05 bits per heavy atom. The van der Waals surface area contributed by atoms with Crippen molar-refractivity contribution in [2.45, 2.75) is 19.9 Å². The van der Waals surface area contributed by atoms with E-state index in [0.717, 1.165) is 22.6 Å². The van der Waals surface area contributed by atoms with Gasteiger partial charge in [0.25, 0.3) is 0 Å². The lowest BCUT2D eigenvalue weighted by Crippen LogP contribution is -2.12. The molecule has 0 spiro atoms. The first kappa shape index (κ1) is 13.5. The van der Waals surface area contributed by atoms with Crippen LogP contribution in [0.2, 0.25) is 0 Å². The molecule has 1 atom stereocenters. The van der Waals surface area contributed by atoms with E-state index in [1.54, 1.807) is 14.2 Å². The van der Waals surface area contributed by atoms with E-state index in [2.05, 4.69) is 0 Å². The van der Waals surface area contributed by atoms with Gasteiger partial charge in [-0.2, -0.15) is 0 Å². The molecule has 102 valence electrons. The maximum absolute atomic E-state index is 6.29. The fraction of sp³-hybridized carbons (Fsp3) is 0.333. The van der Waals surface area contributed by atoms with E-state index < -0.39 is 0 Å². The van der Waals surface area contributed by atoms with E-state index >= 15 is 0 Å². The van der Waals surface area contributed by atoms with Gasteiger partial charge in [0.2, 0.25) is 0 Å². The van der Waals surface area contributed by atoms with Crippen molar-refractivity contribution in [1.82, 2.24) is 0 Å². The molecule has 0 saturated heterocycles. The molecule has 0 radical (unpaired) electrons. The zero-order valence-corrected chi connectivity index (χ0v) is 11.7. The molecule has 4 heteroatoms. The maximum Gasteiger partial charge on any atom is 0.161 e. The number of benzene rings is 1. The highest BCUT2D eigenvalue weighted by Crippen LogP contribution is 2.32. The fourth-order valence-corrected chi connectivity index (χ4v) is 2.19. The van der Waals surface area contributed by atoms with Gasteiger partial charge in [-0.25, -0.2) is 0 Å². The lowest BCUT2D eigenvalue weighted by Gasteiger charge is -2.14. The van der Waals surface area contributed by atoms with Crippen LogP contribution in [-0.2, 0) is 0 Å². The van der Waals surface area contributed by atoms with Gasteiger partial charge in [-0.1, -0.05) is 6.07 Å². The maximum atomic E-state index is 6.29. The van der Waals surface area contributed by atoms with Crippen molar-refractivity contribution in [3.8, 4) is 11.5 Å². The van der Waals surface area contributed by atoms with Crippen molar-refractivity contribution in [3.63, 3.8) is 0 Å². The Morgan fingerprint density at radius 3 is 2.26 bits per heavy atom. The molecule has 2 N–H and O–H groups in total. The first-order chi connectivity index (χ1) is 9.06. The number of nitrogens with two attached hydrogens (primary N) is 1. The summed E-state index contributed by atoms with van der Waals surface area (Å²) in [5.74, 6) is 3.08. The molecule has 0 bridgehead atoms. The van der Waals surface area contributed by atoms with Crippen LogP contribution in [0.4, 0.5) is 0 Å². The first-order valence-electron chi connectivity index (χ1n) is 6.11. The SMILES string of the molecule is COc1ccc(C(N)c2cc(C)oc2C)cc1OC. The summed E-state index contributed by atoms with van der Waals surface area (Å²) in [4.78, 5) is 0. The van der Waals surface area contributed by atoms with Gasteiger partial charge in [0.1, 0.15) is 11.5 Å². The summed E-state index contributed by atoms with van der Waals surface area (Å²) in [5.41, 5.74) is 8.24. The molecule has 0 amide bonds. The zero-order valence-electron chi connectivity index (χ0n) is 11.7. The van der Waals surface area contributed by atoms with Crippen LogP contribution < -0.4 is 15.2 Å². The molecule has 1 unspecified atom stereocenters. The Labute approximate surface area is 113 Å². The average molecular weight is 261 g/mol. The minimum absolute atomic E-state index is 0.239. The van der Waals surface area contributed by atoms with Crippen LogP contribution >= 0.6 is 0 Å². The van der Waals surface area contributed by atoms with Gasteiger partial charge in [-0.15, -0.1) is 0 Å². The largest absolute Gasteiger partial charge is 0.493 e. The quantitative estimate of drug-likeness (QED) is 0.919. The van der Waals surface area contributed by atoms with Gasteiger partial charge in [0.05, 0.1) is 20.3 Å². The number of methoxy groups -OCH3 is 2. The standard InChI is InChI=1S/C15H19NO3/c1-9-7-12(10(2)19-9)15(16)11-5-6-13(17-3)14(8-11)18-4/h5-8,15H,16H2,1-4H3. The Hall–Kier alpha value is -1.94. The molecule has 1 heterocycles. The van der Waals surface area contributed by atoms with Gasteiger partial charge in [-0.05, 0) is 37.6 Å². The summed E-state index contributed by atoms with van der Waals surface area (Å²) in [6.45, 7) is 3.83. The topological polar surface area (TPSA) is 57.6 Å². The van der Waals surface area contributed by atoms with E-state index in [0.29, 0.717) is 11.5 Å². The van der Waals surface area contributed by atoms with Crippen LogP contribution in [0, 0.1) is 13.8 Å². The van der Waals surface area contributed by atoms with E-state index in [1.165, 1.54) is 0 Å². The molecule has 2 rings (SSSR count). The second-order valence-electron chi connectivity index (χ2n) is 4.46. The summed E-state index contributed by atoms with van der Waals surface area (Å²) in [6.07, 6.45) is 0. The van der Waals surface area contributed by atoms with Crippen molar-refractivity contribution in [2.75, 3.05) is 14.2 Å². The third kappa shape index (κ3) is 2.58. The summed E-state index contributed by atoms with van der Waals surface area (Å²) in [5, 5.41) is 0. The second-order valence-corrected chi connectivity index (χ2v) is 4.46. The Balaban J connectivity index is 2.39. The summed E-state index contributed by atoms with van der Waals surface area (Å²) >= 11 is 0. The minimum atomic E-state index is -0.239. The first-order valence-corrected chi connectivity index (χ1v) is 6.11. The predicted octanol–water partition coefficient (Wildman–Crippen LogP) is 2.96. The fourth-order valence-electron chi connectivity index (χ4n) is 2.19. The van der Waals surface area contributed by atoms with Gasteiger partial charge < -0.3 is 19.6 Å². The number of ether oxygens (including phenoxy) is 2. The number of rotatable bonds is 4. The van der Waals surface area contributed by atoms with Gasteiger partial charge in [-0.3, -0.25) is 0 Å². The molecular formula is C15H19NO3. The van der Waals surface area contributed by atoms with Crippen molar-refractivity contribution in [2.24, 2.45) is 5.73 Å². The van der Waals surface area contributed by atoms with E-state index in [4.69, 9.17) is 19.6 Å². The molecule has 19 heavy (non-hydrogen) atoms. The Morgan fingerprint density at radius 2 is 1.74 bits per heavy atom. The van der Waals surface area contributed by atoms with Gasteiger partial charge in [0, 0.05) is 5.56 Å². The molecule has 4 nitrogen and oxygen atoms in total. The van der Waals surface area contributed by atoms with Crippen molar-refractivity contribution in [1.29, 1.82) is 0 Å². The lowest BCUT2D eigenvalue weighted by atomic mass is 9.99. The zero-order chi connectivity index (χ0) is 14.0.